The van der Waals surface area contributed by atoms with Gasteiger partial charge in [0.15, 0.2) is 5.82 Å². The Bertz CT molecular complexity index is 1360. The molecule has 2 aliphatic heterocycles. The van der Waals surface area contributed by atoms with Gasteiger partial charge >= 0.3 is 11.9 Å². The number of nitrogens with zero attached hydrogens (tertiary/aromatic N) is 4. The van der Waals surface area contributed by atoms with E-state index in [0.717, 1.165) is 17.7 Å². The van der Waals surface area contributed by atoms with E-state index in [1.54, 1.807) is 35.2 Å². The summed E-state index contributed by atoms with van der Waals surface area (Å²) in [5, 5.41) is -0.226. The van der Waals surface area contributed by atoms with E-state index in [1.807, 2.05) is 0 Å². The first-order chi connectivity index (χ1) is 14.6. The molecule has 1 aromatic carbocycles. The minimum atomic E-state index is -4.75. The standard InChI is InChI=1S/C20H11Cl2F3N4O2/c21-15-5-4-12(8-14(15)20(23,24)25)29-18(30)13-2-1-7-28(17(13)27-19(29)31)10-11-3-6-16(22)26-9-11/h1-9H,10H2. The molecule has 0 saturated carbocycles. The van der Waals surface area contributed by atoms with Crippen molar-refractivity contribution < 1.29 is 13.2 Å². The van der Waals surface area contributed by atoms with E-state index in [2.05, 4.69) is 9.97 Å². The minimum Gasteiger partial charge on any atom is -0.328 e. The van der Waals surface area contributed by atoms with Gasteiger partial charge in [0.2, 0.25) is 0 Å². The summed E-state index contributed by atoms with van der Waals surface area (Å²) in [5.41, 5.74) is -2.44. The molecule has 0 radical (unpaired) electrons. The second kappa shape index (κ2) is 7.82. The second-order valence-electron chi connectivity index (χ2n) is 6.56. The van der Waals surface area contributed by atoms with Gasteiger partial charge in [-0.2, -0.15) is 18.2 Å². The van der Waals surface area contributed by atoms with Gasteiger partial charge < -0.3 is 4.57 Å². The summed E-state index contributed by atoms with van der Waals surface area (Å²) in [6, 6.07) is 9.13. The maximum Gasteiger partial charge on any atom is 0.417 e. The van der Waals surface area contributed by atoms with Crippen molar-refractivity contribution in [2.24, 2.45) is 0 Å². The summed E-state index contributed by atoms with van der Waals surface area (Å²) in [4.78, 5) is 33.6. The molecule has 2 aromatic rings. The molecule has 31 heavy (non-hydrogen) atoms. The van der Waals surface area contributed by atoms with Crippen molar-refractivity contribution in [3.05, 3.63) is 97.0 Å². The number of rotatable bonds is 3. The lowest BCUT2D eigenvalue weighted by molar-refractivity contribution is -0.137. The molecule has 0 aliphatic carbocycles. The van der Waals surface area contributed by atoms with Crippen molar-refractivity contribution in [3.8, 4) is 17.1 Å². The molecule has 4 rings (SSSR count). The van der Waals surface area contributed by atoms with Gasteiger partial charge in [-0.25, -0.2) is 14.3 Å². The molecule has 3 heterocycles. The van der Waals surface area contributed by atoms with E-state index < -0.39 is 28.0 Å². The van der Waals surface area contributed by atoms with Gasteiger partial charge in [-0.15, -0.1) is 0 Å². The average Bonchev–Trinajstić information content (AvgIpc) is 2.70. The van der Waals surface area contributed by atoms with Crippen LogP contribution in [0.25, 0.3) is 17.1 Å². The van der Waals surface area contributed by atoms with E-state index in [0.29, 0.717) is 15.8 Å². The zero-order valence-corrected chi connectivity index (χ0v) is 16.9. The number of halogens is 5. The molecule has 158 valence electrons. The molecule has 6 nitrogen and oxygen atoms in total. The molecule has 1 aromatic heterocycles. The predicted molar refractivity (Wildman–Crippen MR) is 109 cm³/mol. The van der Waals surface area contributed by atoms with Crippen molar-refractivity contribution in [1.29, 1.82) is 0 Å². The number of aromatic nitrogens is 4. The Morgan fingerprint density at radius 1 is 1.03 bits per heavy atom. The zero-order valence-electron chi connectivity index (χ0n) is 15.4. The first-order valence-corrected chi connectivity index (χ1v) is 9.50. The van der Waals surface area contributed by atoms with E-state index in [4.69, 9.17) is 23.2 Å². The quantitative estimate of drug-likeness (QED) is 0.422. The Hall–Kier alpha value is -3.17. The fraction of sp³-hybridized carbons (Fsp3) is 0.100. The van der Waals surface area contributed by atoms with Crippen LogP contribution >= 0.6 is 23.2 Å². The summed E-state index contributed by atoms with van der Waals surface area (Å²) in [5.74, 6) is 0.0914. The molecular weight excluding hydrogens is 456 g/mol. The smallest absolute Gasteiger partial charge is 0.328 e. The summed E-state index contributed by atoms with van der Waals surface area (Å²) in [7, 11) is 0. The number of hydrogen-bond donors (Lipinski definition) is 0. The number of benzene rings is 1. The molecule has 0 amide bonds. The third-order valence-corrected chi connectivity index (χ3v) is 5.08. The highest BCUT2D eigenvalue weighted by Crippen LogP contribution is 2.35. The Morgan fingerprint density at radius 3 is 2.48 bits per heavy atom. The van der Waals surface area contributed by atoms with Crippen LogP contribution in [0.15, 0.2) is 64.4 Å². The van der Waals surface area contributed by atoms with Gasteiger partial charge in [0, 0.05) is 12.4 Å². The second-order valence-corrected chi connectivity index (χ2v) is 7.35. The van der Waals surface area contributed by atoms with Crippen LogP contribution in [0.3, 0.4) is 0 Å². The van der Waals surface area contributed by atoms with Crippen LogP contribution in [0.4, 0.5) is 13.2 Å². The molecule has 0 atom stereocenters. The zero-order chi connectivity index (χ0) is 22.3. The van der Waals surface area contributed by atoms with Crippen molar-refractivity contribution >= 4 is 23.2 Å². The number of pyridine rings is 2. The maximum atomic E-state index is 13.2. The lowest BCUT2D eigenvalue weighted by atomic mass is 10.1. The predicted octanol–water partition coefficient (Wildman–Crippen LogP) is 4.27. The maximum absolute atomic E-state index is 13.2. The normalized spacial score (nSPS) is 11.8. The molecular formula is C20H11Cl2F3N4O2. The fourth-order valence-electron chi connectivity index (χ4n) is 3.10. The van der Waals surface area contributed by atoms with Crippen LogP contribution in [0.1, 0.15) is 11.1 Å². The van der Waals surface area contributed by atoms with Crippen molar-refractivity contribution in [2.75, 3.05) is 0 Å². The SMILES string of the molecule is O=c1nc2n(Cc3ccc(Cl)nc3)cccc-2c(=O)n1-c1ccc(Cl)c(C(F)(F)F)c1. The van der Waals surface area contributed by atoms with E-state index in [-0.39, 0.29) is 23.6 Å². The highest BCUT2D eigenvalue weighted by molar-refractivity contribution is 6.31. The minimum absolute atomic E-state index is 0.0625. The summed E-state index contributed by atoms with van der Waals surface area (Å²) >= 11 is 11.4. The molecule has 11 heteroatoms. The molecule has 0 unspecified atom stereocenters. The highest BCUT2D eigenvalue weighted by atomic mass is 35.5. The Morgan fingerprint density at radius 2 is 1.81 bits per heavy atom. The third kappa shape index (κ3) is 4.06. The van der Waals surface area contributed by atoms with Gasteiger partial charge in [-0.3, -0.25) is 4.79 Å². The molecule has 0 N–H and O–H groups in total. The lowest BCUT2D eigenvalue weighted by Gasteiger charge is -2.16. The first-order valence-electron chi connectivity index (χ1n) is 8.75. The van der Waals surface area contributed by atoms with Crippen LogP contribution in [-0.2, 0) is 12.7 Å². The fourth-order valence-corrected chi connectivity index (χ4v) is 3.44. The van der Waals surface area contributed by atoms with Gasteiger partial charge in [0.05, 0.1) is 28.4 Å². The van der Waals surface area contributed by atoms with Crippen LogP contribution in [0, 0.1) is 0 Å². The lowest BCUT2D eigenvalue weighted by Crippen LogP contribution is -2.37. The molecule has 0 saturated heterocycles. The third-order valence-electron chi connectivity index (χ3n) is 4.52. The summed E-state index contributed by atoms with van der Waals surface area (Å²) in [6.45, 7) is 0.247. The number of alkyl halides is 3. The highest BCUT2D eigenvalue weighted by Gasteiger charge is 2.34. The van der Waals surface area contributed by atoms with Gasteiger partial charge in [0.1, 0.15) is 5.15 Å². The average molecular weight is 467 g/mol. The van der Waals surface area contributed by atoms with Crippen molar-refractivity contribution in [1.82, 2.24) is 19.1 Å². The van der Waals surface area contributed by atoms with Crippen LogP contribution < -0.4 is 11.2 Å². The molecule has 0 bridgehead atoms. The molecule has 0 spiro atoms. The Labute approximate surface area is 182 Å². The summed E-state index contributed by atoms with van der Waals surface area (Å²) in [6.07, 6.45) is -1.59. The van der Waals surface area contributed by atoms with Crippen LogP contribution in [0.5, 0.6) is 0 Å². The van der Waals surface area contributed by atoms with Gasteiger partial charge in [-0.1, -0.05) is 29.3 Å². The van der Waals surface area contributed by atoms with E-state index >= 15 is 0 Å². The monoisotopic (exact) mass is 466 g/mol. The topological polar surface area (TPSA) is 69.8 Å². The first kappa shape index (κ1) is 21.1. The van der Waals surface area contributed by atoms with E-state index in [1.165, 1.54) is 6.07 Å². The van der Waals surface area contributed by atoms with E-state index in [9.17, 15) is 22.8 Å². The van der Waals surface area contributed by atoms with Crippen LogP contribution in [0.2, 0.25) is 10.2 Å². The Kier molecular flexibility index (Phi) is 5.32. The largest absolute Gasteiger partial charge is 0.417 e. The Balaban J connectivity index is 1.87. The van der Waals surface area contributed by atoms with Gasteiger partial charge in [-0.05, 0) is 42.0 Å². The summed E-state index contributed by atoms with van der Waals surface area (Å²) < 4.78 is 41.8. The number of fused-ring (bicyclic) bond motifs is 1. The molecule has 2 aliphatic rings. The van der Waals surface area contributed by atoms with Gasteiger partial charge in [0.25, 0.3) is 5.56 Å². The van der Waals surface area contributed by atoms with Crippen LogP contribution in [-0.4, -0.2) is 19.1 Å². The van der Waals surface area contributed by atoms with Crippen molar-refractivity contribution in [2.45, 2.75) is 12.7 Å². The van der Waals surface area contributed by atoms with Crippen molar-refractivity contribution in [3.63, 3.8) is 0 Å². The number of hydrogen-bond acceptors (Lipinski definition) is 4. The molecule has 0 fully saturated rings.